The molecular formula is C24H21F4N7O2. The Hall–Kier alpha value is -4.29. The molecule has 9 nitrogen and oxygen atoms in total. The van der Waals surface area contributed by atoms with Crippen LogP contribution in [0.5, 0.6) is 0 Å². The topological polar surface area (TPSA) is 111 Å². The van der Waals surface area contributed by atoms with Crippen LogP contribution >= 0.6 is 0 Å². The van der Waals surface area contributed by atoms with Gasteiger partial charge in [-0.3, -0.25) is 9.48 Å². The highest BCUT2D eigenvalue weighted by Gasteiger charge is 2.66. The number of amides is 1. The maximum absolute atomic E-state index is 14.7. The lowest BCUT2D eigenvalue weighted by atomic mass is 10.0. The van der Waals surface area contributed by atoms with Gasteiger partial charge in [0, 0.05) is 31.1 Å². The summed E-state index contributed by atoms with van der Waals surface area (Å²) in [7, 11) is 1.82. The Kier molecular flexibility index (Phi) is 5.92. The number of alkyl halides is 3. The quantitative estimate of drug-likeness (QED) is 0.339. The summed E-state index contributed by atoms with van der Waals surface area (Å²) in [6.45, 7) is 1.90. The monoisotopic (exact) mass is 515 g/mol. The second-order valence-corrected chi connectivity index (χ2v) is 8.88. The van der Waals surface area contributed by atoms with Gasteiger partial charge in [-0.2, -0.15) is 18.3 Å². The summed E-state index contributed by atoms with van der Waals surface area (Å²) in [5.41, 5.74) is 0.807. The van der Waals surface area contributed by atoms with E-state index in [1.165, 1.54) is 24.5 Å². The van der Waals surface area contributed by atoms with E-state index in [0.717, 1.165) is 17.4 Å². The van der Waals surface area contributed by atoms with Crippen LogP contribution in [0.4, 0.5) is 35.0 Å². The van der Waals surface area contributed by atoms with Crippen LogP contribution in [0.2, 0.25) is 0 Å². The van der Waals surface area contributed by atoms with Gasteiger partial charge >= 0.3 is 6.18 Å². The van der Waals surface area contributed by atoms with E-state index in [4.69, 9.17) is 4.52 Å². The average molecular weight is 515 g/mol. The van der Waals surface area contributed by atoms with Crippen LogP contribution in [0.25, 0.3) is 11.1 Å². The number of nitrogens with zero attached hydrogens (tertiary/aromatic N) is 5. The van der Waals surface area contributed by atoms with Crippen molar-refractivity contribution in [2.45, 2.75) is 37.8 Å². The van der Waals surface area contributed by atoms with Crippen LogP contribution in [0.3, 0.4) is 0 Å². The fourth-order valence-corrected chi connectivity index (χ4v) is 3.87. The number of hydrogen-bond acceptors (Lipinski definition) is 7. The van der Waals surface area contributed by atoms with E-state index in [-0.39, 0.29) is 36.4 Å². The van der Waals surface area contributed by atoms with E-state index in [1.54, 1.807) is 16.9 Å². The molecule has 4 aromatic rings. The number of aryl methyl sites for hydroxylation is 1. The number of aromatic nitrogens is 5. The Morgan fingerprint density at radius 3 is 2.46 bits per heavy atom. The summed E-state index contributed by atoms with van der Waals surface area (Å²) in [5, 5.41) is 13.1. The van der Waals surface area contributed by atoms with Crippen molar-refractivity contribution < 1.29 is 26.9 Å². The van der Waals surface area contributed by atoms with Gasteiger partial charge in [-0.15, -0.1) is 0 Å². The molecule has 1 aliphatic carbocycles. The number of benzene rings is 1. The molecule has 5 rings (SSSR count). The molecule has 2 N–H and O–H groups in total. The van der Waals surface area contributed by atoms with Gasteiger partial charge in [-0.05, 0) is 37.0 Å². The van der Waals surface area contributed by atoms with Crippen molar-refractivity contribution in [1.82, 2.24) is 24.9 Å². The molecule has 1 saturated carbocycles. The molecule has 192 valence electrons. The summed E-state index contributed by atoms with van der Waals surface area (Å²) in [5.74, 6) is -1.42. The summed E-state index contributed by atoms with van der Waals surface area (Å²) in [6, 6.07) is 5.39. The zero-order valence-electron chi connectivity index (χ0n) is 19.7. The molecule has 1 amide bonds. The molecule has 3 heterocycles. The van der Waals surface area contributed by atoms with Crippen molar-refractivity contribution in [2.75, 3.05) is 10.6 Å². The molecule has 0 spiro atoms. The third-order valence-corrected chi connectivity index (χ3v) is 6.41. The maximum Gasteiger partial charge on any atom is 0.401 e. The summed E-state index contributed by atoms with van der Waals surface area (Å²) in [6.07, 6.45) is -0.252. The van der Waals surface area contributed by atoms with Gasteiger partial charge in [0.15, 0.2) is 11.6 Å². The Morgan fingerprint density at radius 1 is 1.14 bits per heavy atom. The van der Waals surface area contributed by atoms with Crippen LogP contribution in [0.15, 0.2) is 47.4 Å². The number of anilines is 3. The lowest BCUT2D eigenvalue weighted by Gasteiger charge is -2.14. The molecule has 1 aromatic carbocycles. The molecule has 37 heavy (non-hydrogen) atoms. The molecule has 1 fully saturated rings. The second-order valence-electron chi connectivity index (χ2n) is 8.88. The van der Waals surface area contributed by atoms with Crippen LogP contribution in [0.1, 0.15) is 29.9 Å². The first-order valence-electron chi connectivity index (χ1n) is 11.3. The highest BCUT2D eigenvalue weighted by Crippen LogP contribution is 2.59. The van der Waals surface area contributed by atoms with Crippen LogP contribution < -0.4 is 10.6 Å². The third kappa shape index (κ3) is 4.76. The van der Waals surface area contributed by atoms with Crippen LogP contribution in [0, 0.1) is 12.7 Å². The fourth-order valence-electron chi connectivity index (χ4n) is 3.87. The Labute approximate surface area is 207 Å². The predicted octanol–water partition coefficient (Wildman–Crippen LogP) is 4.83. The molecule has 0 saturated heterocycles. The zero-order chi connectivity index (χ0) is 26.4. The van der Waals surface area contributed by atoms with Crippen molar-refractivity contribution in [3.63, 3.8) is 0 Å². The summed E-state index contributed by atoms with van der Waals surface area (Å²) in [4.78, 5) is 20.9. The van der Waals surface area contributed by atoms with Gasteiger partial charge in [-0.25, -0.2) is 14.4 Å². The lowest BCUT2D eigenvalue weighted by molar-refractivity contribution is -0.165. The van der Waals surface area contributed by atoms with Crippen molar-refractivity contribution in [3.05, 3.63) is 65.7 Å². The molecule has 0 aliphatic heterocycles. The number of hydrogen-bond donors (Lipinski definition) is 2. The van der Waals surface area contributed by atoms with Gasteiger partial charge in [0.25, 0.3) is 0 Å². The maximum atomic E-state index is 14.7. The highest BCUT2D eigenvalue weighted by molar-refractivity contribution is 5.91. The molecule has 1 aliphatic rings. The Balaban J connectivity index is 1.22. The fraction of sp³-hybridized carbons (Fsp3) is 0.292. The van der Waals surface area contributed by atoms with E-state index in [2.05, 4.69) is 30.9 Å². The molecule has 13 heteroatoms. The molecular weight excluding hydrogens is 494 g/mol. The minimum Gasteiger partial charge on any atom is -0.358 e. The molecule has 0 bridgehead atoms. The van der Waals surface area contributed by atoms with E-state index in [0.29, 0.717) is 17.1 Å². The molecule has 3 aromatic heterocycles. The minimum atomic E-state index is -4.46. The third-order valence-electron chi connectivity index (χ3n) is 6.41. The number of rotatable bonds is 7. The molecule has 0 unspecified atom stereocenters. The normalized spacial score (nSPS) is 14.4. The van der Waals surface area contributed by atoms with E-state index in [9.17, 15) is 22.4 Å². The van der Waals surface area contributed by atoms with Crippen molar-refractivity contribution in [1.29, 1.82) is 0 Å². The first kappa shape index (κ1) is 24.4. The van der Waals surface area contributed by atoms with E-state index < -0.39 is 23.3 Å². The first-order chi connectivity index (χ1) is 17.6. The summed E-state index contributed by atoms with van der Waals surface area (Å²) >= 11 is 0. The summed E-state index contributed by atoms with van der Waals surface area (Å²) < 4.78 is 61.0. The van der Waals surface area contributed by atoms with Crippen molar-refractivity contribution in [2.24, 2.45) is 7.05 Å². The predicted molar refractivity (Wildman–Crippen MR) is 124 cm³/mol. The average Bonchev–Trinajstić information content (AvgIpc) is 3.47. The Morgan fingerprint density at radius 2 is 1.86 bits per heavy atom. The van der Waals surface area contributed by atoms with Crippen LogP contribution in [-0.4, -0.2) is 37.0 Å². The number of halogens is 4. The largest absolute Gasteiger partial charge is 0.401 e. The van der Waals surface area contributed by atoms with Gasteiger partial charge < -0.3 is 15.2 Å². The van der Waals surface area contributed by atoms with Gasteiger partial charge in [0.2, 0.25) is 11.9 Å². The first-order valence-corrected chi connectivity index (χ1v) is 11.3. The number of carbonyl (C=O) groups is 1. The second kappa shape index (κ2) is 8.98. The van der Waals surface area contributed by atoms with Gasteiger partial charge in [-0.1, -0.05) is 17.3 Å². The minimum absolute atomic E-state index is 0.0922. The zero-order valence-corrected chi connectivity index (χ0v) is 19.7. The SMILES string of the molecule is Cc1c(Nc2ncc(-c3ccc(CC(=O)Nc4cc(C5(C(F)(F)F)CC5)on4)c(F)c3)cn2)cnn1C. The van der Waals surface area contributed by atoms with Gasteiger partial charge in [0.1, 0.15) is 11.2 Å². The van der Waals surface area contributed by atoms with Crippen molar-refractivity contribution in [3.8, 4) is 11.1 Å². The number of carbonyl (C=O) groups excluding carboxylic acids is 1. The number of nitrogens with one attached hydrogen (secondary N) is 2. The molecule has 0 atom stereocenters. The Bertz CT molecular complexity index is 1460. The standard InChI is InChI=1S/C24H21F4N7O2/c1-13-18(12-31-35(13)2)32-22-29-10-16(11-30-22)14-3-4-15(17(25)7-14)8-21(36)33-20-9-19(37-34-20)23(5-6-23)24(26,27)28/h3-4,7,9-12H,5-6,8H2,1-2H3,(H,29,30,32)(H,33,34,36). The van der Waals surface area contributed by atoms with Crippen molar-refractivity contribution >= 4 is 23.4 Å². The van der Waals surface area contributed by atoms with E-state index in [1.807, 2.05) is 14.0 Å². The van der Waals surface area contributed by atoms with E-state index >= 15 is 0 Å². The van der Waals surface area contributed by atoms with Gasteiger partial charge in [0.05, 0.1) is 24.0 Å². The highest BCUT2D eigenvalue weighted by atomic mass is 19.4. The molecule has 0 radical (unpaired) electrons. The van der Waals surface area contributed by atoms with Crippen LogP contribution in [-0.2, 0) is 23.7 Å². The lowest BCUT2D eigenvalue weighted by Crippen LogP contribution is -2.28. The smallest absolute Gasteiger partial charge is 0.358 e.